The average molecular weight is 631 g/mol. The summed E-state index contributed by atoms with van der Waals surface area (Å²) in [5.41, 5.74) is -0.447. The highest BCUT2D eigenvalue weighted by atomic mass is 32.1. The van der Waals surface area contributed by atoms with Gasteiger partial charge in [-0.3, -0.25) is 9.69 Å². The van der Waals surface area contributed by atoms with Crippen LogP contribution in [-0.2, 0) is 37.8 Å². The van der Waals surface area contributed by atoms with Crippen LogP contribution < -0.4 is 0 Å². The highest BCUT2D eigenvalue weighted by Crippen LogP contribution is 2.40. The van der Waals surface area contributed by atoms with E-state index in [1.807, 2.05) is 42.5 Å². The molecule has 17 heteroatoms. The Bertz CT molecular complexity index is 1180. The Morgan fingerprint density at radius 3 is 2.00 bits per heavy atom. The van der Waals surface area contributed by atoms with Crippen molar-refractivity contribution in [3.63, 3.8) is 0 Å². The van der Waals surface area contributed by atoms with E-state index in [2.05, 4.69) is 33.5 Å². The van der Waals surface area contributed by atoms with Crippen molar-refractivity contribution >= 4 is 29.2 Å². The molecule has 236 valence electrons. The van der Waals surface area contributed by atoms with E-state index < -0.39 is 36.0 Å². The van der Waals surface area contributed by atoms with Crippen LogP contribution in [0.4, 0.5) is 26.3 Å². The van der Waals surface area contributed by atoms with Gasteiger partial charge in [0, 0.05) is 54.9 Å². The first-order valence-corrected chi connectivity index (χ1v) is 13.6. The summed E-state index contributed by atoms with van der Waals surface area (Å²) in [6, 6.07) is 4.42. The van der Waals surface area contributed by atoms with E-state index in [1.54, 1.807) is 0 Å². The summed E-state index contributed by atoms with van der Waals surface area (Å²) in [6.07, 6.45) is -5.02. The number of alkyl halides is 6. The molecule has 2 aromatic heterocycles. The number of halogens is 6. The first kappa shape index (κ1) is 35.0. The van der Waals surface area contributed by atoms with Gasteiger partial charge < -0.3 is 24.4 Å². The van der Waals surface area contributed by atoms with Crippen molar-refractivity contribution in [2.75, 3.05) is 26.2 Å². The number of hydrogen-bond acceptors (Lipinski definition) is 7. The maximum absolute atomic E-state index is 13.0. The number of rotatable bonds is 5. The fraction of sp³-hybridized carbons (Fsp3) is 0.600. The van der Waals surface area contributed by atoms with Crippen LogP contribution in [0.15, 0.2) is 24.5 Å². The molecule has 2 aromatic rings. The molecular formula is C25H32F6N4O6S. The number of carbonyl (C=O) groups excluding carboxylic acids is 1. The Morgan fingerprint density at radius 1 is 1.05 bits per heavy atom. The predicted octanol–water partition coefficient (Wildman–Crippen LogP) is 4.28. The zero-order chi connectivity index (χ0) is 31.9. The lowest BCUT2D eigenvalue weighted by molar-refractivity contribution is -0.193. The average Bonchev–Trinajstić information content (AvgIpc) is 3.55. The topological polar surface area (TPSA) is 125 Å². The molecule has 42 heavy (non-hydrogen) atoms. The fourth-order valence-electron chi connectivity index (χ4n) is 4.47. The van der Waals surface area contributed by atoms with Crippen molar-refractivity contribution in [2.45, 2.75) is 70.8 Å². The van der Waals surface area contributed by atoms with Gasteiger partial charge in [0.1, 0.15) is 11.4 Å². The monoisotopic (exact) mass is 630 g/mol. The zero-order valence-corrected chi connectivity index (χ0v) is 23.9. The van der Waals surface area contributed by atoms with Gasteiger partial charge in [0.25, 0.3) is 5.91 Å². The number of thiophene rings is 1. The lowest BCUT2D eigenvalue weighted by atomic mass is 9.88. The number of likely N-dealkylation sites (tertiary alicyclic amines) is 1. The summed E-state index contributed by atoms with van der Waals surface area (Å²) in [5, 5.41) is 14.2. The van der Waals surface area contributed by atoms with Crippen molar-refractivity contribution in [1.82, 2.24) is 19.4 Å². The number of aryl methyl sites for hydroxylation is 1. The second-order valence-electron chi connectivity index (χ2n) is 9.41. The molecule has 1 unspecified atom stereocenters. The summed E-state index contributed by atoms with van der Waals surface area (Å²) in [5.74, 6) is -4.43. The van der Waals surface area contributed by atoms with Gasteiger partial charge in [-0.2, -0.15) is 26.3 Å². The SMILES string of the molecule is CCN(CC)C(=O)C1Cn2ccnc2C2(CCN(Cc3ccc(C)s3)CC2)O1.O=C(O)C(F)(F)F.O=C(O)C(F)(F)F. The van der Waals surface area contributed by atoms with E-state index in [0.29, 0.717) is 19.6 Å². The van der Waals surface area contributed by atoms with Crippen molar-refractivity contribution in [3.8, 4) is 0 Å². The number of aliphatic carboxylic acids is 2. The largest absolute Gasteiger partial charge is 0.490 e. The van der Waals surface area contributed by atoms with Gasteiger partial charge in [0.05, 0.1) is 6.54 Å². The van der Waals surface area contributed by atoms with Crippen LogP contribution in [0.2, 0.25) is 0 Å². The predicted molar refractivity (Wildman–Crippen MR) is 138 cm³/mol. The minimum Gasteiger partial charge on any atom is -0.475 e. The molecule has 0 bridgehead atoms. The van der Waals surface area contributed by atoms with Crippen LogP contribution in [0.3, 0.4) is 0 Å². The minimum atomic E-state index is -5.08. The number of carboxylic acid groups (broad SMARTS) is 2. The molecule has 1 spiro atoms. The van der Waals surface area contributed by atoms with E-state index in [-0.39, 0.29) is 5.91 Å². The number of aromatic nitrogens is 2. The van der Waals surface area contributed by atoms with Gasteiger partial charge in [0.2, 0.25) is 0 Å². The molecule has 1 amide bonds. The molecule has 4 heterocycles. The third-order valence-corrected chi connectivity index (χ3v) is 7.51. The van der Waals surface area contributed by atoms with E-state index in [9.17, 15) is 31.1 Å². The van der Waals surface area contributed by atoms with Crippen molar-refractivity contribution in [2.24, 2.45) is 0 Å². The Balaban J connectivity index is 0.000000367. The molecule has 2 aliphatic rings. The van der Waals surface area contributed by atoms with Crippen molar-refractivity contribution in [3.05, 3.63) is 40.1 Å². The molecule has 2 N–H and O–H groups in total. The molecule has 0 saturated carbocycles. The fourth-order valence-corrected chi connectivity index (χ4v) is 5.40. The number of ether oxygens (including phenoxy) is 1. The van der Waals surface area contributed by atoms with Crippen LogP contribution >= 0.6 is 11.3 Å². The zero-order valence-electron chi connectivity index (χ0n) is 23.0. The number of carboxylic acids is 2. The van der Waals surface area contributed by atoms with Crippen molar-refractivity contribution in [1.29, 1.82) is 0 Å². The van der Waals surface area contributed by atoms with Crippen LogP contribution in [0.25, 0.3) is 0 Å². The Morgan fingerprint density at radius 2 is 1.57 bits per heavy atom. The van der Waals surface area contributed by atoms with Gasteiger partial charge in [-0.1, -0.05) is 0 Å². The molecule has 1 fully saturated rings. The maximum atomic E-state index is 13.0. The smallest absolute Gasteiger partial charge is 0.475 e. The number of carbonyl (C=O) groups is 3. The Hall–Kier alpha value is -3.18. The summed E-state index contributed by atoms with van der Waals surface area (Å²) >= 11 is 1.87. The highest BCUT2D eigenvalue weighted by molar-refractivity contribution is 7.11. The molecule has 2 aliphatic heterocycles. The van der Waals surface area contributed by atoms with Gasteiger partial charge in [-0.25, -0.2) is 14.6 Å². The van der Waals surface area contributed by atoms with Crippen molar-refractivity contribution < 1.29 is 55.7 Å². The summed E-state index contributed by atoms with van der Waals surface area (Å²) < 4.78 is 72.2. The van der Waals surface area contributed by atoms with Gasteiger partial charge in [-0.05, 0) is 45.7 Å². The Labute approximate surface area is 241 Å². The number of hydrogen-bond donors (Lipinski definition) is 2. The first-order valence-electron chi connectivity index (χ1n) is 12.8. The number of amides is 1. The minimum absolute atomic E-state index is 0.0974. The van der Waals surface area contributed by atoms with Crippen LogP contribution in [0, 0.1) is 6.92 Å². The van der Waals surface area contributed by atoms with Crippen LogP contribution in [-0.4, -0.2) is 92.0 Å². The normalized spacial score (nSPS) is 18.2. The van der Waals surface area contributed by atoms with E-state index >= 15 is 0 Å². The van der Waals surface area contributed by atoms with Crippen LogP contribution in [0.5, 0.6) is 0 Å². The molecule has 4 rings (SSSR count). The molecular weight excluding hydrogens is 598 g/mol. The summed E-state index contributed by atoms with van der Waals surface area (Å²) in [4.78, 5) is 42.5. The number of imidazole rings is 1. The molecule has 0 radical (unpaired) electrons. The van der Waals surface area contributed by atoms with Gasteiger partial charge >= 0.3 is 24.3 Å². The number of fused-ring (bicyclic) bond motifs is 2. The van der Waals surface area contributed by atoms with E-state index in [0.717, 1.165) is 38.3 Å². The molecule has 0 aliphatic carbocycles. The molecule has 10 nitrogen and oxygen atoms in total. The van der Waals surface area contributed by atoms with Crippen LogP contribution in [0.1, 0.15) is 42.3 Å². The number of piperidine rings is 1. The number of likely N-dealkylation sites (N-methyl/N-ethyl adjacent to an activating group) is 1. The third-order valence-electron chi connectivity index (χ3n) is 6.53. The lowest BCUT2D eigenvalue weighted by Crippen LogP contribution is -2.54. The van der Waals surface area contributed by atoms with E-state index in [1.165, 1.54) is 9.75 Å². The standard InChI is InChI=1S/C21H30N4O2S.2C2HF3O2/c1-4-24(5-2)19(26)18-15-25-13-10-22-20(25)21(27-18)8-11-23(12-9-21)14-17-7-6-16(3)28-17;2*3-2(4,5)1(6)7/h6-7,10,13,18H,4-5,8-9,11-12,14-15H2,1-3H3;2*(H,6,7). The molecule has 1 atom stereocenters. The van der Waals surface area contributed by atoms with Gasteiger partial charge in [0.15, 0.2) is 6.10 Å². The molecule has 1 saturated heterocycles. The summed E-state index contributed by atoms with van der Waals surface area (Å²) in [7, 11) is 0. The first-order chi connectivity index (χ1) is 19.4. The second kappa shape index (κ2) is 14.3. The number of nitrogens with zero attached hydrogens (tertiary/aromatic N) is 4. The lowest BCUT2D eigenvalue weighted by Gasteiger charge is -2.46. The Kier molecular flexibility index (Phi) is 11.9. The van der Waals surface area contributed by atoms with E-state index in [4.69, 9.17) is 24.5 Å². The van der Waals surface area contributed by atoms with Gasteiger partial charge in [-0.15, -0.1) is 11.3 Å². The molecule has 0 aromatic carbocycles. The second-order valence-corrected chi connectivity index (χ2v) is 10.8. The maximum Gasteiger partial charge on any atom is 0.490 e. The third kappa shape index (κ3) is 9.42. The quantitative estimate of drug-likeness (QED) is 0.470. The summed E-state index contributed by atoms with van der Waals surface area (Å²) in [6.45, 7) is 11.1. The highest BCUT2D eigenvalue weighted by Gasteiger charge is 2.47.